The van der Waals surface area contributed by atoms with Gasteiger partial charge in [0.15, 0.2) is 5.65 Å². The molecule has 0 radical (unpaired) electrons. The first kappa shape index (κ1) is 17.5. The lowest BCUT2D eigenvalue weighted by atomic mass is 10.1. The van der Waals surface area contributed by atoms with Crippen molar-refractivity contribution in [1.82, 2.24) is 19.5 Å². The van der Waals surface area contributed by atoms with Crippen molar-refractivity contribution in [3.05, 3.63) is 46.6 Å². The van der Waals surface area contributed by atoms with Crippen LogP contribution in [0.1, 0.15) is 12.8 Å². The molecule has 140 valence electrons. The minimum absolute atomic E-state index is 0.0351. The first-order chi connectivity index (χ1) is 13.0. The van der Waals surface area contributed by atoms with Crippen LogP contribution in [0.5, 0.6) is 0 Å². The van der Waals surface area contributed by atoms with Crippen LogP contribution in [0.15, 0.2) is 35.3 Å². The number of halogens is 1. The molecule has 7 nitrogen and oxygen atoms in total. The van der Waals surface area contributed by atoms with E-state index in [-0.39, 0.29) is 23.2 Å². The van der Waals surface area contributed by atoms with Crippen LogP contribution in [0.4, 0.5) is 10.3 Å². The van der Waals surface area contributed by atoms with Gasteiger partial charge in [0.05, 0.1) is 18.8 Å². The average Bonchev–Trinajstić information content (AvgIpc) is 3.17. The van der Waals surface area contributed by atoms with Crippen LogP contribution in [0.2, 0.25) is 0 Å². The summed E-state index contributed by atoms with van der Waals surface area (Å²) < 4.78 is 20.6. The van der Waals surface area contributed by atoms with Gasteiger partial charge in [-0.25, -0.2) is 14.4 Å². The Morgan fingerprint density at radius 2 is 2.04 bits per heavy atom. The zero-order chi connectivity index (χ0) is 19.0. The van der Waals surface area contributed by atoms with E-state index < -0.39 is 0 Å². The molecular formula is C19H20FN5O2. The third-order valence-corrected chi connectivity index (χ3v) is 4.60. The fraction of sp³-hybridized carbons (Fsp3) is 0.368. The van der Waals surface area contributed by atoms with Crippen molar-refractivity contribution < 1.29 is 9.13 Å². The predicted molar refractivity (Wildman–Crippen MR) is 100 cm³/mol. The summed E-state index contributed by atoms with van der Waals surface area (Å²) in [7, 11) is 3.67. The van der Waals surface area contributed by atoms with E-state index in [1.165, 1.54) is 12.1 Å². The van der Waals surface area contributed by atoms with Crippen LogP contribution in [0.25, 0.3) is 22.4 Å². The molecule has 4 rings (SSSR count). The number of rotatable bonds is 4. The lowest BCUT2D eigenvalue weighted by Crippen LogP contribution is -2.30. The van der Waals surface area contributed by atoms with Gasteiger partial charge in [-0.15, -0.1) is 0 Å². The van der Waals surface area contributed by atoms with E-state index in [4.69, 9.17) is 4.74 Å². The zero-order valence-corrected chi connectivity index (χ0v) is 15.2. The summed E-state index contributed by atoms with van der Waals surface area (Å²) in [4.78, 5) is 28.3. The Labute approximate surface area is 155 Å². The second kappa shape index (κ2) is 7.03. The van der Waals surface area contributed by atoms with Crippen molar-refractivity contribution in [2.45, 2.75) is 25.5 Å². The standard InChI is InChI=1S/C19H20FN5O2/c1-24(2)19-21-10-15-17(23-19)25(11-14-4-3-9-27-14)18(26)16(22-15)12-5-7-13(20)8-6-12/h5-8,10,14H,3-4,9,11H2,1-2H3/t14-/m1/s1. The molecule has 0 saturated carbocycles. The molecule has 3 aromatic rings. The van der Waals surface area contributed by atoms with Gasteiger partial charge in [-0.2, -0.15) is 4.98 Å². The maximum absolute atomic E-state index is 13.3. The SMILES string of the molecule is CN(C)c1ncc2nc(-c3ccc(F)cc3)c(=O)n(C[C@H]3CCCO3)c2n1. The highest BCUT2D eigenvalue weighted by atomic mass is 19.1. The summed E-state index contributed by atoms with van der Waals surface area (Å²) in [5.41, 5.74) is 1.52. The van der Waals surface area contributed by atoms with Crippen molar-refractivity contribution in [1.29, 1.82) is 0 Å². The largest absolute Gasteiger partial charge is 0.376 e. The second-order valence-electron chi connectivity index (χ2n) is 6.79. The van der Waals surface area contributed by atoms with Crippen LogP contribution in [0.3, 0.4) is 0 Å². The maximum atomic E-state index is 13.3. The summed E-state index contributed by atoms with van der Waals surface area (Å²) in [6.45, 7) is 1.10. The molecule has 0 bridgehead atoms. The number of hydrogen-bond donors (Lipinski definition) is 0. The second-order valence-corrected chi connectivity index (χ2v) is 6.79. The van der Waals surface area contributed by atoms with E-state index >= 15 is 0 Å². The average molecular weight is 369 g/mol. The lowest BCUT2D eigenvalue weighted by molar-refractivity contribution is 0.0971. The summed E-state index contributed by atoms with van der Waals surface area (Å²) in [6.07, 6.45) is 3.45. The van der Waals surface area contributed by atoms with Crippen molar-refractivity contribution in [3.63, 3.8) is 0 Å². The van der Waals surface area contributed by atoms with Gasteiger partial charge in [0.25, 0.3) is 5.56 Å². The predicted octanol–water partition coefficient (Wildman–Crippen LogP) is 2.24. The minimum atomic E-state index is -0.363. The van der Waals surface area contributed by atoms with Gasteiger partial charge in [0.1, 0.15) is 17.0 Å². The van der Waals surface area contributed by atoms with Crippen LogP contribution in [-0.4, -0.2) is 46.3 Å². The fourth-order valence-electron chi connectivity index (χ4n) is 3.20. The lowest BCUT2D eigenvalue weighted by Gasteiger charge is -2.17. The monoisotopic (exact) mass is 369 g/mol. The summed E-state index contributed by atoms with van der Waals surface area (Å²) in [5.74, 6) is 0.137. The third-order valence-electron chi connectivity index (χ3n) is 4.60. The Bertz CT molecular complexity index is 1030. The van der Waals surface area contributed by atoms with Gasteiger partial charge in [-0.05, 0) is 37.1 Å². The topological polar surface area (TPSA) is 73.1 Å². The van der Waals surface area contributed by atoms with Gasteiger partial charge in [-0.3, -0.25) is 9.36 Å². The number of hydrogen-bond acceptors (Lipinski definition) is 6. The minimum Gasteiger partial charge on any atom is -0.376 e. The van der Waals surface area contributed by atoms with Crippen molar-refractivity contribution in [2.24, 2.45) is 0 Å². The van der Waals surface area contributed by atoms with Gasteiger partial charge in [-0.1, -0.05) is 0 Å². The van der Waals surface area contributed by atoms with Gasteiger partial charge in [0, 0.05) is 26.3 Å². The summed E-state index contributed by atoms with van der Waals surface area (Å²) in [6, 6.07) is 5.74. The third kappa shape index (κ3) is 3.40. The molecule has 1 aromatic carbocycles. The highest BCUT2D eigenvalue weighted by Gasteiger charge is 2.21. The highest BCUT2D eigenvalue weighted by Crippen LogP contribution is 2.20. The quantitative estimate of drug-likeness (QED) is 0.702. The van der Waals surface area contributed by atoms with Crippen LogP contribution in [-0.2, 0) is 11.3 Å². The van der Waals surface area contributed by atoms with Crippen LogP contribution < -0.4 is 10.5 Å². The number of nitrogens with zero attached hydrogens (tertiary/aromatic N) is 5. The van der Waals surface area contributed by atoms with Crippen molar-refractivity contribution in [2.75, 3.05) is 25.6 Å². The summed E-state index contributed by atoms with van der Waals surface area (Å²) >= 11 is 0. The van der Waals surface area contributed by atoms with Crippen molar-refractivity contribution >= 4 is 17.1 Å². The highest BCUT2D eigenvalue weighted by molar-refractivity contribution is 5.74. The van der Waals surface area contributed by atoms with E-state index in [0.29, 0.717) is 35.8 Å². The number of fused-ring (bicyclic) bond motifs is 1. The molecule has 1 saturated heterocycles. The summed E-state index contributed by atoms with van der Waals surface area (Å²) in [5, 5.41) is 0. The molecule has 3 heterocycles. The molecule has 1 fully saturated rings. The molecule has 0 N–H and O–H groups in total. The first-order valence-corrected chi connectivity index (χ1v) is 8.85. The van der Waals surface area contributed by atoms with E-state index in [9.17, 15) is 9.18 Å². The van der Waals surface area contributed by atoms with E-state index in [2.05, 4.69) is 15.0 Å². The Hall–Kier alpha value is -2.87. The Morgan fingerprint density at radius 1 is 1.26 bits per heavy atom. The number of anilines is 1. The molecule has 27 heavy (non-hydrogen) atoms. The van der Waals surface area contributed by atoms with Gasteiger partial charge in [0.2, 0.25) is 5.95 Å². The Balaban J connectivity index is 1.92. The molecular weight excluding hydrogens is 349 g/mol. The Kier molecular flexibility index (Phi) is 4.57. The van der Waals surface area contributed by atoms with Crippen molar-refractivity contribution in [3.8, 4) is 11.3 Å². The van der Waals surface area contributed by atoms with Crippen LogP contribution in [0, 0.1) is 5.82 Å². The first-order valence-electron chi connectivity index (χ1n) is 8.85. The molecule has 0 spiro atoms. The van der Waals surface area contributed by atoms with E-state index in [0.717, 1.165) is 12.8 Å². The molecule has 2 aromatic heterocycles. The molecule has 1 aliphatic rings. The Morgan fingerprint density at radius 3 is 2.70 bits per heavy atom. The molecule has 8 heteroatoms. The van der Waals surface area contributed by atoms with E-state index in [1.54, 1.807) is 27.8 Å². The van der Waals surface area contributed by atoms with Crippen LogP contribution >= 0.6 is 0 Å². The van der Waals surface area contributed by atoms with Gasteiger partial charge >= 0.3 is 0 Å². The normalized spacial score (nSPS) is 16.8. The molecule has 0 aliphatic carbocycles. The zero-order valence-electron chi connectivity index (χ0n) is 15.2. The molecule has 0 amide bonds. The smallest absolute Gasteiger partial charge is 0.278 e. The molecule has 1 atom stereocenters. The number of benzene rings is 1. The number of aromatic nitrogens is 4. The molecule has 1 aliphatic heterocycles. The number of ether oxygens (including phenoxy) is 1. The fourth-order valence-corrected chi connectivity index (χ4v) is 3.20. The van der Waals surface area contributed by atoms with E-state index in [1.807, 2.05) is 14.1 Å². The van der Waals surface area contributed by atoms with Gasteiger partial charge < -0.3 is 9.64 Å². The molecule has 0 unspecified atom stereocenters. The maximum Gasteiger partial charge on any atom is 0.278 e.